The molecule has 0 bridgehead atoms. The van der Waals surface area contributed by atoms with Gasteiger partial charge in [-0.25, -0.2) is 19.7 Å². The average molecular weight is 478 g/mol. The van der Waals surface area contributed by atoms with Gasteiger partial charge in [0.2, 0.25) is 0 Å². The molecule has 1 aromatic carbocycles. The van der Waals surface area contributed by atoms with Crippen molar-refractivity contribution in [2.75, 3.05) is 43.2 Å². The molecule has 2 aromatic heterocycles. The molecular formula is C25H31N7O3. The van der Waals surface area contributed by atoms with Crippen LogP contribution in [0.15, 0.2) is 24.3 Å². The van der Waals surface area contributed by atoms with Crippen LogP contribution in [-0.2, 0) is 16.0 Å². The van der Waals surface area contributed by atoms with E-state index in [9.17, 15) is 4.79 Å². The second kappa shape index (κ2) is 9.09. The number of rotatable bonds is 6. The molecule has 1 unspecified atom stereocenters. The van der Waals surface area contributed by atoms with Gasteiger partial charge in [0.05, 0.1) is 38.5 Å². The molecule has 0 radical (unpaired) electrons. The van der Waals surface area contributed by atoms with E-state index in [4.69, 9.17) is 24.4 Å². The number of nitrogens with zero attached hydrogens (tertiary/aromatic N) is 5. The molecule has 2 saturated heterocycles. The van der Waals surface area contributed by atoms with Gasteiger partial charge in [-0.05, 0) is 51.0 Å². The maximum absolute atomic E-state index is 12.2. The number of carbonyl (C=O) groups excluding carboxylic acids is 1. The molecule has 184 valence electrons. The summed E-state index contributed by atoms with van der Waals surface area (Å²) in [6.07, 6.45) is 2.37. The van der Waals surface area contributed by atoms with Gasteiger partial charge in [0, 0.05) is 30.3 Å². The Bertz CT molecular complexity index is 1230. The molecular weight excluding hydrogens is 446 g/mol. The number of hydrogen-bond acceptors (Lipinski definition) is 7. The Morgan fingerprint density at radius 2 is 1.89 bits per heavy atom. The van der Waals surface area contributed by atoms with Crippen molar-refractivity contribution in [1.29, 1.82) is 0 Å². The van der Waals surface area contributed by atoms with E-state index >= 15 is 0 Å². The Balaban J connectivity index is 1.35. The number of ether oxygens (including phenoxy) is 2. The van der Waals surface area contributed by atoms with Crippen LogP contribution in [0, 0.1) is 0 Å². The summed E-state index contributed by atoms with van der Waals surface area (Å²) < 4.78 is 13.0. The van der Waals surface area contributed by atoms with Crippen molar-refractivity contribution in [1.82, 2.24) is 24.8 Å². The van der Waals surface area contributed by atoms with Crippen LogP contribution in [0.1, 0.15) is 38.4 Å². The summed E-state index contributed by atoms with van der Waals surface area (Å²) in [7, 11) is 0. The van der Waals surface area contributed by atoms with Gasteiger partial charge in [0.1, 0.15) is 5.82 Å². The fourth-order valence-corrected chi connectivity index (χ4v) is 4.71. The van der Waals surface area contributed by atoms with Crippen molar-refractivity contribution in [2.24, 2.45) is 0 Å². The van der Waals surface area contributed by atoms with E-state index in [2.05, 4.69) is 33.9 Å². The first-order chi connectivity index (χ1) is 17.1. The molecule has 2 aliphatic heterocycles. The van der Waals surface area contributed by atoms with Crippen molar-refractivity contribution in [3.05, 3.63) is 30.1 Å². The number of anilines is 2. The number of amides is 2. The van der Waals surface area contributed by atoms with Crippen molar-refractivity contribution < 1.29 is 14.3 Å². The molecule has 35 heavy (non-hydrogen) atoms. The lowest BCUT2D eigenvalue weighted by molar-refractivity contribution is 0.000735. The molecule has 3 aromatic rings. The number of aromatic nitrogens is 4. The second-order valence-electron chi connectivity index (χ2n) is 9.56. The van der Waals surface area contributed by atoms with E-state index in [0.717, 1.165) is 41.5 Å². The van der Waals surface area contributed by atoms with Crippen LogP contribution in [0.2, 0.25) is 0 Å². The predicted octanol–water partition coefficient (Wildman–Crippen LogP) is 3.14. The van der Waals surface area contributed by atoms with Gasteiger partial charge in [-0.1, -0.05) is 0 Å². The Morgan fingerprint density at radius 3 is 2.54 bits per heavy atom. The third kappa shape index (κ3) is 4.32. The van der Waals surface area contributed by atoms with E-state index in [-0.39, 0.29) is 18.1 Å². The van der Waals surface area contributed by atoms with Crippen LogP contribution in [0.3, 0.4) is 0 Å². The number of nitrogens with one attached hydrogen (secondary N) is 2. The molecule has 1 atom stereocenters. The maximum Gasteiger partial charge on any atom is 0.319 e. The SMILES string of the molecule is CCn1c(C2CC2)nc2c(N3CCOCC3C)nc(-c3ccc(NC(=O)NC4COC4)cc3)nc21. The maximum atomic E-state index is 12.2. The highest BCUT2D eigenvalue weighted by Crippen LogP contribution is 2.42. The number of morpholine rings is 1. The van der Waals surface area contributed by atoms with Gasteiger partial charge < -0.3 is 29.6 Å². The van der Waals surface area contributed by atoms with Crippen molar-refractivity contribution >= 4 is 28.7 Å². The summed E-state index contributed by atoms with van der Waals surface area (Å²) in [4.78, 5) is 29.6. The van der Waals surface area contributed by atoms with Crippen molar-refractivity contribution in [2.45, 2.75) is 51.2 Å². The van der Waals surface area contributed by atoms with Crippen LogP contribution in [-0.4, -0.2) is 70.6 Å². The topological polar surface area (TPSA) is 106 Å². The Kier molecular flexibility index (Phi) is 5.77. The van der Waals surface area contributed by atoms with Crippen LogP contribution in [0.5, 0.6) is 0 Å². The molecule has 6 rings (SSSR count). The number of aryl methyl sites for hydroxylation is 1. The minimum atomic E-state index is -0.230. The summed E-state index contributed by atoms with van der Waals surface area (Å²) in [5.41, 5.74) is 3.37. The molecule has 10 heteroatoms. The molecule has 4 heterocycles. The van der Waals surface area contributed by atoms with Crippen LogP contribution in [0.4, 0.5) is 16.3 Å². The summed E-state index contributed by atoms with van der Waals surface area (Å²) in [5.74, 6) is 3.18. The zero-order valence-corrected chi connectivity index (χ0v) is 20.2. The van der Waals surface area contributed by atoms with Gasteiger partial charge in [0.15, 0.2) is 22.8 Å². The molecule has 1 aliphatic carbocycles. The molecule has 0 spiro atoms. The molecule has 2 N–H and O–H groups in total. The smallest absolute Gasteiger partial charge is 0.319 e. The van der Waals surface area contributed by atoms with Gasteiger partial charge in [-0.3, -0.25) is 0 Å². The fraction of sp³-hybridized carbons (Fsp3) is 0.520. The molecule has 10 nitrogen and oxygen atoms in total. The van der Waals surface area contributed by atoms with Crippen LogP contribution >= 0.6 is 0 Å². The monoisotopic (exact) mass is 477 g/mol. The van der Waals surface area contributed by atoms with Crippen molar-refractivity contribution in [3.8, 4) is 11.4 Å². The zero-order valence-electron chi connectivity index (χ0n) is 20.2. The first-order valence-corrected chi connectivity index (χ1v) is 12.5. The molecule has 2 amide bonds. The second-order valence-corrected chi connectivity index (χ2v) is 9.56. The molecule has 3 aliphatic rings. The Labute approximate surface area is 204 Å². The standard InChI is InChI=1S/C25H31N7O3/c1-3-31-22(17-4-5-17)28-20-23(31)29-21(30-24(20)32-10-11-34-12-15(32)2)16-6-8-18(9-7-16)26-25(33)27-19-13-35-14-19/h6-9,15,17,19H,3-5,10-14H2,1-2H3,(H2,26,27,33). The lowest BCUT2D eigenvalue weighted by atomic mass is 10.2. The molecule has 1 saturated carbocycles. The predicted molar refractivity (Wildman–Crippen MR) is 133 cm³/mol. The Hall–Kier alpha value is -3.24. The minimum Gasteiger partial charge on any atom is -0.377 e. The van der Waals surface area contributed by atoms with Crippen LogP contribution < -0.4 is 15.5 Å². The average Bonchev–Trinajstić information content (AvgIpc) is 3.62. The summed E-state index contributed by atoms with van der Waals surface area (Å²) in [6.45, 7) is 8.36. The van der Waals surface area contributed by atoms with Crippen molar-refractivity contribution in [3.63, 3.8) is 0 Å². The number of carbonyl (C=O) groups is 1. The lowest BCUT2D eigenvalue weighted by Crippen LogP contribution is -2.49. The fourth-order valence-electron chi connectivity index (χ4n) is 4.71. The highest BCUT2D eigenvalue weighted by atomic mass is 16.5. The molecule has 3 fully saturated rings. The van der Waals surface area contributed by atoms with E-state index in [1.54, 1.807) is 0 Å². The van der Waals surface area contributed by atoms with E-state index in [1.807, 2.05) is 24.3 Å². The minimum absolute atomic E-state index is 0.0827. The first kappa shape index (κ1) is 22.2. The quantitative estimate of drug-likeness (QED) is 0.562. The van der Waals surface area contributed by atoms with E-state index in [1.165, 1.54) is 12.8 Å². The summed E-state index contributed by atoms with van der Waals surface area (Å²) in [5, 5.41) is 5.76. The van der Waals surface area contributed by atoms with Gasteiger partial charge in [0.25, 0.3) is 0 Å². The third-order valence-corrected chi connectivity index (χ3v) is 6.88. The van der Waals surface area contributed by atoms with E-state index < -0.39 is 0 Å². The normalized spacial score (nSPS) is 20.6. The van der Waals surface area contributed by atoms with Gasteiger partial charge in [-0.2, -0.15) is 0 Å². The largest absolute Gasteiger partial charge is 0.377 e. The number of urea groups is 1. The summed E-state index contributed by atoms with van der Waals surface area (Å²) >= 11 is 0. The van der Waals surface area contributed by atoms with Gasteiger partial charge in [-0.15, -0.1) is 0 Å². The summed E-state index contributed by atoms with van der Waals surface area (Å²) in [6, 6.07) is 7.71. The third-order valence-electron chi connectivity index (χ3n) is 6.88. The number of benzene rings is 1. The number of hydrogen-bond donors (Lipinski definition) is 2. The number of fused-ring (bicyclic) bond motifs is 1. The highest BCUT2D eigenvalue weighted by Gasteiger charge is 2.32. The van der Waals surface area contributed by atoms with Crippen LogP contribution in [0.25, 0.3) is 22.6 Å². The first-order valence-electron chi connectivity index (χ1n) is 12.5. The zero-order chi connectivity index (χ0) is 23.9. The highest BCUT2D eigenvalue weighted by molar-refractivity contribution is 5.90. The van der Waals surface area contributed by atoms with E-state index in [0.29, 0.717) is 43.9 Å². The number of imidazole rings is 1. The lowest BCUT2D eigenvalue weighted by Gasteiger charge is -2.34. The van der Waals surface area contributed by atoms with Gasteiger partial charge >= 0.3 is 6.03 Å². The Morgan fingerprint density at radius 1 is 1.09 bits per heavy atom.